The van der Waals surface area contributed by atoms with E-state index >= 15 is 0 Å². The third kappa shape index (κ3) is 5.09. The second-order valence-electron chi connectivity index (χ2n) is 3.37. The molecular formula is C12H19NOS. The number of ether oxygens (including phenoxy) is 1. The zero-order valence-electron chi connectivity index (χ0n) is 9.45. The number of hydrogen-bond acceptors (Lipinski definition) is 3. The highest BCUT2D eigenvalue weighted by atomic mass is 32.2. The number of benzene rings is 1. The Morgan fingerprint density at radius 1 is 1.40 bits per heavy atom. The van der Waals surface area contributed by atoms with Crippen LogP contribution in [0.3, 0.4) is 0 Å². The monoisotopic (exact) mass is 225 g/mol. The summed E-state index contributed by atoms with van der Waals surface area (Å²) < 4.78 is 5.17. The fourth-order valence-corrected chi connectivity index (χ4v) is 1.79. The van der Waals surface area contributed by atoms with Crippen LogP contribution in [0.15, 0.2) is 24.3 Å². The smallest absolute Gasteiger partial charge is 0.119 e. The molecule has 1 aromatic carbocycles. The van der Waals surface area contributed by atoms with E-state index in [0.29, 0.717) is 0 Å². The maximum absolute atomic E-state index is 5.17. The van der Waals surface area contributed by atoms with Crippen LogP contribution in [0, 0.1) is 0 Å². The minimum Gasteiger partial charge on any atom is -0.497 e. The van der Waals surface area contributed by atoms with Gasteiger partial charge in [0.2, 0.25) is 0 Å². The average Bonchev–Trinajstić information content (AvgIpc) is 2.29. The quantitative estimate of drug-likeness (QED) is 0.721. The van der Waals surface area contributed by atoms with Gasteiger partial charge in [-0.2, -0.15) is 11.8 Å². The van der Waals surface area contributed by atoms with E-state index in [4.69, 9.17) is 4.74 Å². The molecule has 1 aromatic rings. The first-order valence-electron chi connectivity index (χ1n) is 5.19. The van der Waals surface area contributed by atoms with Gasteiger partial charge >= 0.3 is 0 Å². The molecule has 0 heterocycles. The summed E-state index contributed by atoms with van der Waals surface area (Å²) in [6.45, 7) is 2.00. The summed E-state index contributed by atoms with van der Waals surface area (Å²) in [7, 11) is 1.70. The third-order valence-corrected chi connectivity index (χ3v) is 2.86. The second-order valence-corrected chi connectivity index (χ2v) is 4.36. The summed E-state index contributed by atoms with van der Waals surface area (Å²) in [5.74, 6) is 2.16. The van der Waals surface area contributed by atoms with Crippen LogP contribution in [0.1, 0.15) is 12.0 Å². The molecule has 0 radical (unpaired) electrons. The molecule has 3 heteroatoms. The minimum absolute atomic E-state index is 0.922. The number of nitrogens with one attached hydrogen (secondary N) is 1. The molecule has 0 saturated heterocycles. The van der Waals surface area contributed by atoms with Gasteiger partial charge < -0.3 is 10.1 Å². The van der Waals surface area contributed by atoms with Crippen LogP contribution in [-0.2, 0) is 6.54 Å². The molecule has 0 aliphatic carbocycles. The maximum Gasteiger partial charge on any atom is 0.119 e. The molecule has 2 nitrogen and oxygen atoms in total. The summed E-state index contributed by atoms with van der Waals surface area (Å²) in [6, 6.07) is 8.18. The predicted molar refractivity (Wildman–Crippen MR) is 67.7 cm³/mol. The zero-order valence-corrected chi connectivity index (χ0v) is 10.3. The highest BCUT2D eigenvalue weighted by Gasteiger charge is 1.95. The van der Waals surface area contributed by atoms with Gasteiger partial charge in [-0.05, 0) is 42.7 Å². The third-order valence-electron chi connectivity index (χ3n) is 2.17. The lowest BCUT2D eigenvalue weighted by molar-refractivity contribution is 0.414. The molecule has 84 valence electrons. The Morgan fingerprint density at radius 3 is 3.00 bits per heavy atom. The van der Waals surface area contributed by atoms with Crippen molar-refractivity contribution in [1.29, 1.82) is 0 Å². The number of thioether (sulfide) groups is 1. The van der Waals surface area contributed by atoms with E-state index in [1.54, 1.807) is 7.11 Å². The van der Waals surface area contributed by atoms with Crippen molar-refractivity contribution in [2.24, 2.45) is 0 Å². The Kier molecular flexibility index (Phi) is 6.28. The van der Waals surface area contributed by atoms with Crippen LogP contribution in [0.5, 0.6) is 5.75 Å². The summed E-state index contributed by atoms with van der Waals surface area (Å²) >= 11 is 1.89. The molecule has 0 unspecified atom stereocenters. The Labute approximate surface area is 96.4 Å². The van der Waals surface area contributed by atoms with Gasteiger partial charge in [0, 0.05) is 6.54 Å². The van der Waals surface area contributed by atoms with Gasteiger partial charge in [-0.1, -0.05) is 12.1 Å². The largest absolute Gasteiger partial charge is 0.497 e. The van der Waals surface area contributed by atoms with Crippen LogP contribution in [0.25, 0.3) is 0 Å². The first kappa shape index (κ1) is 12.4. The van der Waals surface area contributed by atoms with E-state index < -0.39 is 0 Å². The molecule has 0 aliphatic rings. The second kappa shape index (κ2) is 7.60. The van der Waals surface area contributed by atoms with Crippen molar-refractivity contribution >= 4 is 11.8 Å². The van der Waals surface area contributed by atoms with Crippen molar-refractivity contribution in [1.82, 2.24) is 5.32 Å². The van der Waals surface area contributed by atoms with E-state index in [-0.39, 0.29) is 0 Å². The fraction of sp³-hybridized carbons (Fsp3) is 0.500. The van der Waals surface area contributed by atoms with Crippen LogP contribution in [-0.4, -0.2) is 25.7 Å². The van der Waals surface area contributed by atoms with Crippen molar-refractivity contribution in [2.75, 3.05) is 25.7 Å². The first-order chi connectivity index (χ1) is 7.36. The molecule has 15 heavy (non-hydrogen) atoms. The molecular weight excluding hydrogens is 206 g/mol. The highest BCUT2D eigenvalue weighted by molar-refractivity contribution is 7.98. The normalized spacial score (nSPS) is 10.3. The van der Waals surface area contributed by atoms with Gasteiger partial charge in [-0.3, -0.25) is 0 Å². The molecule has 1 N–H and O–H groups in total. The molecule has 0 bridgehead atoms. The Hall–Kier alpha value is -0.670. The predicted octanol–water partition coefficient (Wildman–Crippen LogP) is 2.54. The van der Waals surface area contributed by atoms with Crippen LogP contribution >= 0.6 is 11.8 Å². The molecule has 0 fully saturated rings. The SMILES string of the molecule is COc1cccc(CNCCCSC)c1. The van der Waals surface area contributed by atoms with Crippen molar-refractivity contribution in [3.8, 4) is 5.75 Å². The summed E-state index contributed by atoms with van der Waals surface area (Å²) in [4.78, 5) is 0. The molecule has 0 saturated carbocycles. The van der Waals surface area contributed by atoms with E-state index in [2.05, 4.69) is 23.7 Å². The van der Waals surface area contributed by atoms with E-state index in [9.17, 15) is 0 Å². The van der Waals surface area contributed by atoms with Gasteiger partial charge in [0.05, 0.1) is 7.11 Å². The standard InChI is InChI=1S/C12H19NOS/c1-14-12-6-3-5-11(9-12)10-13-7-4-8-15-2/h3,5-6,9,13H,4,7-8,10H2,1-2H3. The average molecular weight is 225 g/mol. The zero-order chi connectivity index (χ0) is 10.9. The van der Waals surface area contributed by atoms with Crippen molar-refractivity contribution in [3.05, 3.63) is 29.8 Å². The van der Waals surface area contributed by atoms with Gasteiger partial charge in [0.25, 0.3) is 0 Å². The van der Waals surface area contributed by atoms with E-state index in [1.807, 2.05) is 23.9 Å². The van der Waals surface area contributed by atoms with E-state index in [0.717, 1.165) is 18.8 Å². The van der Waals surface area contributed by atoms with Crippen molar-refractivity contribution < 1.29 is 4.74 Å². The lowest BCUT2D eigenvalue weighted by Gasteiger charge is -2.06. The Morgan fingerprint density at radius 2 is 2.27 bits per heavy atom. The van der Waals surface area contributed by atoms with Crippen molar-refractivity contribution in [2.45, 2.75) is 13.0 Å². The number of hydrogen-bond donors (Lipinski definition) is 1. The van der Waals surface area contributed by atoms with Gasteiger partial charge in [0.15, 0.2) is 0 Å². The number of methoxy groups -OCH3 is 1. The lowest BCUT2D eigenvalue weighted by atomic mass is 10.2. The van der Waals surface area contributed by atoms with Crippen LogP contribution in [0.4, 0.5) is 0 Å². The molecule has 0 aliphatic heterocycles. The summed E-state index contributed by atoms with van der Waals surface area (Å²) in [5, 5.41) is 3.42. The van der Waals surface area contributed by atoms with Gasteiger partial charge in [-0.15, -0.1) is 0 Å². The Balaban J connectivity index is 2.24. The van der Waals surface area contributed by atoms with Gasteiger partial charge in [-0.25, -0.2) is 0 Å². The maximum atomic E-state index is 5.17. The fourth-order valence-electron chi connectivity index (χ4n) is 1.36. The lowest BCUT2D eigenvalue weighted by Crippen LogP contribution is -2.15. The van der Waals surface area contributed by atoms with Crippen molar-refractivity contribution in [3.63, 3.8) is 0 Å². The molecule has 1 rings (SSSR count). The minimum atomic E-state index is 0.922. The van der Waals surface area contributed by atoms with Crippen LogP contribution < -0.4 is 10.1 Å². The molecule has 0 atom stereocenters. The van der Waals surface area contributed by atoms with Crippen LogP contribution in [0.2, 0.25) is 0 Å². The topological polar surface area (TPSA) is 21.3 Å². The van der Waals surface area contributed by atoms with E-state index in [1.165, 1.54) is 17.7 Å². The highest BCUT2D eigenvalue weighted by Crippen LogP contribution is 2.11. The number of rotatable bonds is 7. The summed E-state index contributed by atoms with van der Waals surface area (Å²) in [5.41, 5.74) is 1.28. The van der Waals surface area contributed by atoms with Gasteiger partial charge in [0.1, 0.15) is 5.75 Å². The summed E-state index contributed by atoms with van der Waals surface area (Å²) in [6.07, 6.45) is 3.37. The molecule has 0 amide bonds. The Bertz CT molecular complexity index is 278. The molecule has 0 spiro atoms. The molecule has 0 aromatic heterocycles. The first-order valence-corrected chi connectivity index (χ1v) is 6.59.